The molecule has 0 atom stereocenters. The average Bonchev–Trinajstić information content (AvgIpc) is 3.10. The molecule has 0 aliphatic rings. The molecule has 0 saturated heterocycles. The molecule has 2 rings (SSSR count). The van der Waals surface area contributed by atoms with Crippen molar-refractivity contribution < 1.29 is 18.8 Å². The molecule has 1 heterocycles. The molecule has 4 N–H and O–H groups in total. The number of rotatable bonds is 6. The Bertz CT molecular complexity index is 794. The molecule has 0 radical (unpaired) electrons. The minimum atomic E-state index is -0.571. The third-order valence-corrected chi connectivity index (χ3v) is 3.36. The Morgan fingerprint density at radius 2 is 1.78 bits per heavy atom. The lowest BCUT2D eigenvalue weighted by atomic mass is 10.1. The van der Waals surface area contributed by atoms with Crippen molar-refractivity contribution in [2.75, 3.05) is 11.9 Å². The van der Waals surface area contributed by atoms with Gasteiger partial charge >= 0.3 is 6.03 Å². The van der Waals surface area contributed by atoms with E-state index in [0.717, 1.165) is 0 Å². The summed E-state index contributed by atoms with van der Waals surface area (Å²) in [6, 6.07) is 9.73. The Labute approximate surface area is 157 Å². The van der Waals surface area contributed by atoms with E-state index in [1.165, 1.54) is 6.26 Å². The number of benzene rings is 1. The van der Waals surface area contributed by atoms with Crippen LogP contribution in [-0.4, -0.2) is 29.9 Å². The number of hydrogen-bond acceptors (Lipinski definition) is 5. The number of carbonyl (C=O) groups is 3. The minimum absolute atomic E-state index is 0.153. The number of anilines is 1. The van der Waals surface area contributed by atoms with E-state index in [1.54, 1.807) is 36.4 Å². The van der Waals surface area contributed by atoms with Crippen molar-refractivity contribution in [3.05, 3.63) is 54.0 Å². The second kappa shape index (κ2) is 8.88. The predicted molar refractivity (Wildman–Crippen MR) is 101 cm³/mol. The summed E-state index contributed by atoms with van der Waals surface area (Å²) >= 11 is 0. The van der Waals surface area contributed by atoms with Crippen LogP contribution in [0.15, 0.2) is 47.1 Å². The van der Waals surface area contributed by atoms with Crippen LogP contribution in [0.1, 0.15) is 36.9 Å². The Morgan fingerprint density at radius 3 is 2.44 bits per heavy atom. The van der Waals surface area contributed by atoms with Gasteiger partial charge in [-0.3, -0.25) is 14.9 Å². The van der Waals surface area contributed by atoms with Crippen LogP contribution in [0.3, 0.4) is 0 Å². The number of urea groups is 1. The van der Waals surface area contributed by atoms with Crippen LogP contribution < -0.4 is 21.3 Å². The van der Waals surface area contributed by atoms with Gasteiger partial charge in [-0.15, -0.1) is 0 Å². The van der Waals surface area contributed by atoms with Crippen molar-refractivity contribution in [1.29, 1.82) is 0 Å². The molecule has 0 bridgehead atoms. The van der Waals surface area contributed by atoms with E-state index in [9.17, 15) is 14.4 Å². The molecule has 4 amide bonds. The number of para-hydroxylation sites is 1. The van der Waals surface area contributed by atoms with Crippen molar-refractivity contribution in [2.24, 2.45) is 0 Å². The summed E-state index contributed by atoms with van der Waals surface area (Å²) in [5.41, 5.74) is 0.424. The summed E-state index contributed by atoms with van der Waals surface area (Å²) in [5, 5.41) is 10.5. The van der Waals surface area contributed by atoms with Crippen molar-refractivity contribution in [3.8, 4) is 0 Å². The molecule has 0 unspecified atom stereocenters. The number of hydrogen-bond donors (Lipinski definition) is 4. The van der Waals surface area contributed by atoms with Gasteiger partial charge < -0.3 is 20.4 Å². The van der Waals surface area contributed by atoms with Crippen LogP contribution in [0.25, 0.3) is 0 Å². The molecule has 1 aromatic carbocycles. The van der Waals surface area contributed by atoms with Gasteiger partial charge in [-0.05, 0) is 45.0 Å². The molecular formula is C19H24N4O4. The van der Waals surface area contributed by atoms with Crippen LogP contribution in [0.5, 0.6) is 0 Å². The van der Waals surface area contributed by atoms with Gasteiger partial charge in [0, 0.05) is 11.2 Å². The van der Waals surface area contributed by atoms with E-state index in [2.05, 4.69) is 21.3 Å². The molecule has 8 nitrogen and oxygen atoms in total. The maximum absolute atomic E-state index is 12.4. The number of amides is 4. The zero-order chi connectivity index (χ0) is 19.9. The van der Waals surface area contributed by atoms with Gasteiger partial charge in [0.1, 0.15) is 5.76 Å². The van der Waals surface area contributed by atoms with Crippen LogP contribution in [-0.2, 0) is 11.3 Å². The predicted octanol–water partition coefficient (Wildman–Crippen LogP) is 2.25. The Hall–Kier alpha value is -3.29. The standard InChI is InChI=1S/C19H24N4O4/c1-19(2,3)23-18(26)22-16(24)12-20-15-9-5-4-8-14(15)17(25)21-11-13-7-6-10-27-13/h4-10,20H,11-12H2,1-3H3,(H,21,25)(H2,22,23,24,26). The third-order valence-electron chi connectivity index (χ3n) is 3.36. The van der Waals surface area contributed by atoms with Crippen molar-refractivity contribution in [1.82, 2.24) is 16.0 Å². The van der Waals surface area contributed by atoms with Gasteiger partial charge in [-0.2, -0.15) is 0 Å². The molecule has 0 spiro atoms. The highest BCUT2D eigenvalue weighted by molar-refractivity contribution is 6.01. The van der Waals surface area contributed by atoms with Crippen molar-refractivity contribution in [3.63, 3.8) is 0 Å². The van der Waals surface area contributed by atoms with Gasteiger partial charge in [-0.25, -0.2) is 4.79 Å². The van der Waals surface area contributed by atoms with Crippen LogP contribution >= 0.6 is 0 Å². The molecule has 144 valence electrons. The summed E-state index contributed by atoms with van der Waals surface area (Å²) in [6.45, 7) is 5.54. The number of furan rings is 1. The first-order valence-corrected chi connectivity index (χ1v) is 8.50. The fraction of sp³-hybridized carbons (Fsp3) is 0.316. The Balaban J connectivity index is 1.90. The van der Waals surface area contributed by atoms with Gasteiger partial charge in [0.25, 0.3) is 5.91 Å². The topological polar surface area (TPSA) is 112 Å². The average molecular weight is 372 g/mol. The Kier molecular flexibility index (Phi) is 6.59. The highest BCUT2D eigenvalue weighted by Gasteiger charge is 2.16. The number of imide groups is 1. The lowest BCUT2D eigenvalue weighted by Gasteiger charge is -2.20. The molecule has 27 heavy (non-hydrogen) atoms. The second-order valence-corrected chi connectivity index (χ2v) is 6.91. The molecule has 0 aliphatic carbocycles. The van der Waals surface area contributed by atoms with Crippen LogP contribution in [0, 0.1) is 0 Å². The highest BCUT2D eigenvalue weighted by Crippen LogP contribution is 2.15. The highest BCUT2D eigenvalue weighted by atomic mass is 16.3. The van der Waals surface area contributed by atoms with Gasteiger partial charge in [0.15, 0.2) is 0 Å². The first-order chi connectivity index (χ1) is 12.7. The molecule has 1 aromatic heterocycles. The molecule has 0 aliphatic heterocycles. The maximum atomic E-state index is 12.4. The van der Waals surface area contributed by atoms with E-state index in [0.29, 0.717) is 17.0 Å². The molecule has 0 saturated carbocycles. The molecule has 8 heteroatoms. The smallest absolute Gasteiger partial charge is 0.321 e. The first kappa shape index (κ1) is 20.0. The van der Waals surface area contributed by atoms with Crippen molar-refractivity contribution >= 4 is 23.5 Å². The lowest BCUT2D eigenvalue weighted by Crippen LogP contribution is -2.49. The van der Waals surface area contributed by atoms with Crippen LogP contribution in [0.2, 0.25) is 0 Å². The van der Waals surface area contributed by atoms with E-state index in [-0.39, 0.29) is 19.0 Å². The number of carbonyl (C=O) groups excluding carboxylic acids is 3. The van der Waals surface area contributed by atoms with E-state index < -0.39 is 17.5 Å². The van der Waals surface area contributed by atoms with E-state index in [4.69, 9.17) is 4.42 Å². The minimum Gasteiger partial charge on any atom is -0.467 e. The SMILES string of the molecule is CC(C)(C)NC(=O)NC(=O)CNc1ccccc1C(=O)NCc1ccco1. The van der Waals surface area contributed by atoms with E-state index >= 15 is 0 Å². The molecule has 0 fully saturated rings. The lowest BCUT2D eigenvalue weighted by molar-refractivity contribution is -0.118. The summed E-state index contributed by atoms with van der Waals surface area (Å²) in [4.78, 5) is 36.0. The zero-order valence-electron chi connectivity index (χ0n) is 15.6. The summed E-state index contributed by atoms with van der Waals surface area (Å²) in [7, 11) is 0. The monoisotopic (exact) mass is 372 g/mol. The summed E-state index contributed by atoms with van der Waals surface area (Å²) < 4.78 is 5.18. The van der Waals surface area contributed by atoms with Gasteiger partial charge in [0.2, 0.25) is 5.91 Å². The maximum Gasteiger partial charge on any atom is 0.321 e. The Morgan fingerprint density at radius 1 is 1.04 bits per heavy atom. The number of nitrogens with one attached hydrogen (secondary N) is 4. The van der Waals surface area contributed by atoms with Crippen LogP contribution in [0.4, 0.5) is 10.5 Å². The summed E-state index contributed by atoms with van der Waals surface area (Å²) in [6.07, 6.45) is 1.53. The normalized spacial score (nSPS) is 10.8. The second-order valence-electron chi connectivity index (χ2n) is 6.91. The zero-order valence-corrected chi connectivity index (χ0v) is 15.6. The van der Waals surface area contributed by atoms with E-state index in [1.807, 2.05) is 20.8 Å². The van der Waals surface area contributed by atoms with Gasteiger partial charge in [0.05, 0.1) is 24.9 Å². The largest absolute Gasteiger partial charge is 0.467 e. The molecular weight excluding hydrogens is 348 g/mol. The van der Waals surface area contributed by atoms with Gasteiger partial charge in [-0.1, -0.05) is 12.1 Å². The fourth-order valence-electron chi connectivity index (χ4n) is 2.23. The summed E-state index contributed by atoms with van der Waals surface area (Å²) in [5.74, 6) is -0.180. The van der Waals surface area contributed by atoms with Crippen molar-refractivity contribution in [2.45, 2.75) is 32.9 Å². The third kappa shape index (κ3) is 6.85. The first-order valence-electron chi connectivity index (χ1n) is 8.50. The quantitative estimate of drug-likeness (QED) is 0.621. The fourth-order valence-corrected chi connectivity index (χ4v) is 2.23. The molecule has 2 aromatic rings.